The molecular weight excluding hydrogens is 332 g/mol. The van der Waals surface area contributed by atoms with E-state index in [0.717, 1.165) is 12.8 Å². The molecule has 126 valence electrons. The van der Waals surface area contributed by atoms with Gasteiger partial charge in [-0.3, -0.25) is 4.79 Å². The fourth-order valence-corrected chi connectivity index (χ4v) is 2.88. The maximum atomic E-state index is 11.2. The van der Waals surface area contributed by atoms with Crippen LogP contribution in [0.15, 0.2) is 0 Å². The number of aliphatic hydroxyl groups excluding tert-OH is 1. The lowest BCUT2D eigenvalue weighted by atomic mass is 10.0. The van der Waals surface area contributed by atoms with E-state index >= 15 is 0 Å². The number of hydrogen-bond acceptors (Lipinski definition) is 3. The normalized spacial score (nSPS) is 13.9. The smallest absolute Gasteiger partial charge is 0.322 e. The Balaban J connectivity index is 3.30. The van der Waals surface area contributed by atoms with Crippen LogP contribution in [0.1, 0.15) is 84.0 Å². The summed E-state index contributed by atoms with van der Waals surface area (Å²) in [5.41, 5.74) is 0. The van der Waals surface area contributed by atoms with E-state index < -0.39 is 16.9 Å². The van der Waals surface area contributed by atoms with E-state index in [-0.39, 0.29) is 0 Å². The Morgan fingerprint density at radius 1 is 0.952 bits per heavy atom. The summed E-state index contributed by atoms with van der Waals surface area (Å²) in [7, 11) is 1.34. The van der Waals surface area contributed by atoms with E-state index in [0.29, 0.717) is 6.42 Å². The molecule has 2 unspecified atom stereocenters. The predicted octanol–water partition coefficient (Wildman–Crippen LogP) is 4.98. The fourth-order valence-electron chi connectivity index (χ4n) is 2.43. The fraction of sp³-hybridized carbons (Fsp3) is 0.941. The van der Waals surface area contributed by atoms with Gasteiger partial charge in [-0.15, -0.1) is 0 Å². The Labute approximate surface area is 139 Å². The number of ether oxygens (including phenoxy) is 1. The molecule has 0 aliphatic carbocycles. The Kier molecular flexibility index (Phi) is 14.8. The average molecular weight is 365 g/mol. The van der Waals surface area contributed by atoms with Crippen molar-refractivity contribution in [1.29, 1.82) is 0 Å². The van der Waals surface area contributed by atoms with Crippen LogP contribution in [-0.2, 0) is 9.53 Å². The molecule has 0 bridgehead atoms. The lowest BCUT2D eigenvalue weighted by molar-refractivity contribution is -0.141. The van der Waals surface area contributed by atoms with Crippen molar-refractivity contribution in [3.63, 3.8) is 0 Å². The van der Waals surface area contributed by atoms with Crippen LogP contribution < -0.4 is 0 Å². The monoisotopic (exact) mass is 364 g/mol. The first-order valence-electron chi connectivity index (χ1n) is 8.53. The Bertz CT molecular complexity index is 246. The summed E-state index contributed by atoms with van der Waals surface area (Å²) in [5, 5.41) is 9.82. The van der Waals surface area contributed by atoms with Crippen molar-refractivity contribution in [1.82, 2.24) is 0 Å². The zero-order valence-electron chi connectivity index (χ0n) is 13.8. The van der Waals surface area contributed by atoms with Crippen molar-refractivity contribution < 1.29 is 14.6 Å². The summed E-state index contributed by atoms with van der Waals surface area (Å²) < 4.78 is 4.59. The highest BCUT2D eigenvalue weighted by molar-refractivity contribution is 9.10. The number of carbonyl (C=O) groups excluding carboxylic acids is 1. The molecule has 4 heteroatoms. The maximum absolute atomic E-state index is 11.2. The number of esters is 1. The molecule has 0 saturated heterocycles. The van der Waals surface area contributed by atoms with Crippen LogP contribution in [0.2, 0.25) is 0 Å². The van der Waals surface area contributed by atoms with Crippen LogP contribution in [-0.4, -0.2) is 29.1 Å². The number of methoxy groups -OCH3 is 1. The van der Waals surface area contributed by atoms with Gasteiger partial charge in [0.15, 0.2) is 0 Å². The van der Waals surface area contributed by atoms with Crippen LogP contribution in [0, 0.1) is 0 Å². The van der Waals surface area contributed by atoms with Crippen molar-refractivity contribution >= 4 is 21.9 Å². The standard InChI is InChI=1S/C17H33BrO3/c1-3-4-5-6-7-8-9-10-11-12-13-14-15(19)16(18)17(20)21-2/h15-16,19H,3-14H2,1-2H3. The van der Waals surface area contributed by atoms with E-state index in [1.54, 1.807) is 0 Å². The Morgan fingerprint density at radius 3 is 1.81 bits per heavy atom. The highest BCUT2D eigenvalue weighted by atomic mass is 79.9. The highest BCUT2D eigenvalue weighted by Gasteiger charge is 2.23. The molecule has 2 atom stereocenters. The summed E-state index contributed by atoms with van der Waals surface area (Å²) in [4.78, 5) is 10.6. The van der Waals surface area contributed by atoms with Gasteiger partial charge in [-0.1, -0.05) is 93.5 Å². The molecule has 0 radical (unpaired) electrons. The van der Waals surface area contributed by atoms with Gasteiger partial charge in [0.2, 0.25) is 0 Å². The molecule has 0 aromatic heterocycles. The molecule has 3 nitrogen and oxygen atoms in total. The number of rotatable bonds is 14. The van der Waals surface area contributed by atoms with E-state index in [1.807, 2.05) is 0 Å². The van der Waals surface area contributed by atoms with Crippen LogP contribution in [0.3, 0.4) is 0 Å². The summed E-state index contributed by atoms with van der Waals surface area (Å²) in [6.07, 6.45) is 14.2. The summed E-state index contributed by atoms with van der Waals surface area (Å²) in [6, 6.07) is 0. The summed E-state index contributed by atoms with van der Waals surface area (Å²) in [5.74, 6) is -0.398. The molecule has 0 fully saturated rings. The van der Waals surface area contributed by atoms with E-state index in [2.05, 4.69) is 27.6 Å². The molecule has 0 heterocycles. The molecule has 0 aromatic rings. The second kappa shape index (κ2) is 14.8. The zero-order chi connectivity index (χ0) is 15.9. The Hall–Kier alpha value is -0.0900. The molecule has 0 aliphatic rings. The minimum absolute atomic E-state index is 0.398. The Morgan fingerprint density at radius 2 is 1.38 bits per heavy atom. The molecule has 0 aromatic carbocycles. The quantitative estimate of drug-likeness (QED) is 0.268. The van der Waals surface area contributed by atoms with Gasteiger partial charge >= 0.3 is 5.97 Å². The van der Waals surface area contributed by atoms with Gasteiger partial charge in [0.05, 0.1) is 13.2 Å². The highest BCUT2D eigenvalue weighted by Crippen LogP contribution is 2.16. The molecular formula is C17H33BrO3. The molecule has 0 saturated carbocycles. The van der Waals surface area contributed by atoms with Crippen LogP contribution in [0.25, 0.3) is 0 Å². The van der Waals surface area contributed by atoms with Crippen LogP contribution in [0.4, 0.5) is 0 Å². The molecule has 0 spiro atoms. The third-order valence-corrected chi connectivity index (χ3v) is 4.85. The van der Waals surface area contributed by atoms with Gasteiger partial charge in [0.25, 0.3) is 0 Å². The second-order valence-electron chi connectivity index (χ2n) is 5.82. The van der Waals surface area contributed by atoms with Gasteiger partial charge in [-0.2, -0.15) is 0 Å². The second-order valence-corrected chi connectivity index (χ2v) is 6.80. The largest absolute Gasteiger partial charge is 0.468 e. The third kappa shape index (κ3) is 12.2. The van der Waals surface area contributed by atoms with E-state index in [4.69, 9.17) is 0 Å². The molecule has 21 heavy (non-hydrogen) atoms. The average Bonchev–Trinajstić information content (AvgIpc) is 2.50. The molecule has 0 rings (SSSR count). The number of aliphatic hydroxyl groups is 1. The van der Waals surface area contributed by atoms with Crippen molar-refractivity contribution in [2.75, 3.05) is 7.11 Å². The summed E-state index contributed by atoms with van der Waals surface area (Å²) in [6.45, 7) is 2.25. The number of alkyl halides is 1. The first-order valence-corrected chi connectivity index (χ1v) is 9.45. The minimum atomic E-state index is -0.643. The van der Waals surface area contributed by atoms with Gasteiger partial charge in [-0.05, 0) is 6.42 Å². The SMILES string of the molecule is CCCCCCCCCCCCCC(O)C(Br)C(=O)OC. The van der Waals surface area contributed by atoms with E-state index in [9.17, 15) is 9.90 Å². The zero-order valence-corrected chi connectivity index (χ0v) is 15.4. The number of carbonyl (C=O) groups is 1. The topological polar surface area (TPSA) is 46.5 Å². The first kappa shape index (κ1) is 20.9. The minimum Gasteiger partial charge on any atom is -0.468 e. The van der Waals surface area contributed by atoms with Gasteiger partial charge in [0.1, 0.15) is 4.83 Å². The third-order valence-electron chi connectivity index (χ3n) is 3.87. The lowest BCUT2D eigenvalue weighted by Gasteiger charge is -2.14. The van der Waals surface area contributed by atoms with Crippen molar-refractivity contribution in [2.45, 2.75) is 94.9 Å². The van der Waals surface area contributed by atoms with Crippen molar-refractivity contribution in [3.05, 3.63) is 0 Å². The maximum Gasteiger partial charge on any atom is 0.322 e. The predicted molar refractivity (Wildman–Crippen MR) is 91.8 cm³/mol. The van der Waals surface area contributed by atoms with Crippen molar-refractivity contribution in [3.8, 4) is 0 Å². The molecule has 1 N–H and O–H groups in total. The van der Waals surface area contributed by atoms with Crippen molar-refractivity contribution in [2.24, 2.45) is 0 Å². The lowest BCUT2D eigenvalue weighted by Crippen LogP contribution is -2.29. The molecule has 0 amide bonds. The molecule has 0 aliphatic heterocycles. The number of halogens is 1. The van der Waals surface area contributed by atoms with Crippen LogP contribution >= 0.6 is 15.9 Å². The van der Waals surface area contributed by atoms with Crippen LogP contribution in [0.5, 0.6) is 0 Å². The number of unbranched alkanes of at least 4 members (excludes halogenated alkanes) is 10. The van der Waals surface area contributed by atoms with Gasteiger partial charge in [0, 0.05) is 0 Å². The first-order chi connectivity index (χ1) is 10.1. The summed E-state index contributed by atoms with van der Waals surface area (Å²) >= 11 is 3.17. The number of hydrogen-bond donors (Lipinski definition) is 1. The van der Waals surface area contributed by atoms with E-state index in [1.165, 1.54) is 64.9 Å². The van der Waals surface area contributed by atoms with Gasteiger partial charge < -0.3 is 9.84 Å². The van der Waals surface area contributed by atoms with Gasteiger partial charge in [-0.25, -0.2) is 0 Å².